The van der Waals surface area contributed by atoms with Crippen molar-refractivity contribution in [2.24, 2.45) is 5.92 Å². The predicted octanol–water partition coefficient (Wildman–Crippen LogP) is 6.20. The van der Waals surface area contributed by atoms with Crippen LogP contribution in [0.1, 0.15) is 32.1 Å². The zero-order valence-electron chi connectivity index (χ0n) is 17.5. The van der Waals surface area contributed by atoms with Crippen LogP contribution in [0.25, 0.3) is 11.3 Å². The molecule has 0 spiro atoms. The maximum Gasteiger partial charge on any atom is 0.236 e. The minimum absolute atomic E-state index is 0.105. The van der Waals surface area contributed by atoms with Gasteiger partial charge in [-0.2, -0.15) is 0 Å². The van der Waals surface area contributed by atoms with Crippen molar-refractivity contribution in [1.29, 1.82) is 0 Å². The lowest BCUT2D eigenvalue weighted by Crippen LogP contribution is -2.24. The van der Waals surface area contributed by atoms with Gasteiger partial charge in [0.05, 0.1) is 11.4 Å². The average Bonchev–Trinajstić information content (AvgIpc) is 3.28. The van der Waals surface area contributed by atoms with E-state index in [9.17, 15) is 14.0 Å². The van der Waals surface area contributed by atoms with Crippen LogP contribution in [0.4, 0.5) is 15.2 Å². The second-order valence-corrected chi connectivity index (χ2v) is 9.64. The maximum atomic E-state index is 13.1. The number of thiazole rings is 1. The number of rotatable bonds is 7. The first-order valence-corrected chi connectivity index (χ1v) is 12.5. The first kappa shape index (κ1) is 22.5. The van der Waals surface area contributed by atoms with E-state index >= 15 is 0 Å². The third-order valence-corrected chi connectivity index (χ3v) is 7.13. The zero-order valence-corrected chi connectivity index (χ0v) is 19.1. The fraction of sp³-hybridized carbons (Fsp3) is 0.292. The summed E-state index contributed by atoms with van der Waals surface area (Å²) in [6.07, 6.45) is 5.43. The highest BCUT2D eigenvalue weighted by molar-refractivity contribution is 8.00. The summed E-state index contributed by atoms with van der Waals surface area (Å²) in [6, 6.07) is 13.6. The lowest BCUT2D eigenvalue weighted by atomic mass is 9.88. The molecule has 4 rings (SSSR count). The number of carbonyl (C=O) groups excluding carboxylic acids is 2. The molecule has 1 aromatic heterocycles. The fourth-order valence-electron chi connectivity index (χ4n) is 3.63. The molecule has 32 heavy (non-hydrogen) atoms. The van der Waals surface area contributed by atoms with Gasteiger partial charge in [0.25, 0.3) is 0 Å². The van der Waals surface area contributed by atoms with Gasteiger partial charge in [-0.25, -0.2) is 9.37 Å². The standard InChI is InChI=1S/C24H24FN3O2S2/c25-18-8-6-16(7-9-18)21-14-32-24(27-21)28-22(29)15-31-20-12-10-19(11-13-20)26-23(30)17-4-2-1-3-5-17/h6-14,17H,1-5,15H2,(H,26,30)(H,27,28,29). The van der Waals surface area contributed by atoms with E-state index in [-0.39, 0.29) is 29.3 Å². The quantitative estimate of drug-likeness (QED) is 0.404. The van der Waals surface area contributed by atoms with Crippen molar-refractivity contribution in [2.45, 2.75) is 37.0 Å². The zero-order chi connectivity index (χ0) is 22.3. The third kappa shape index (κ3) is 6.17. The van der Waals surface area contributed by atoms with Gasteiger partial charge in [-0.15, -0.1) is 23.1 Å². The third-order valence-electron chi connectivity index (χ3n) is 5.36. The fourth-order valence-corrected chi connectivity index (χ4v) is 5.07. The number of halogens is 1. The molecule has 0 bridgehead atoms. The van der Waals surface area contributed by atoms with E-state index in [0.717, 1.165) is 41.8 Å². The summed E-state index contributed by atoms with van der Waals surface area (Å²) in [5, 5.41) is 8.14. The van der Waals surface area contributed by atoms with Crippen molar-refractivity contribution in [3.05, 3.63) is 59.7 Å². The highest BCUT2D eigenvalue weighted by Crippen LogP contribution is 2.27. The largest absolute Gasteiger partial charge is 0.326 e. The number of aromatic nitrogens is 1. The minimum atomic E-state index is -0.297. The van der Waals surface area contributed by atoms with Gasteiger partial charge in [0.2, 0.25) is 11.8 Å². The summed E-state index contributed by atoms with van der Waals surface area (Å²) in [7, 11) is 0. The van der Waals surface area contributed by atoms with Gasteiger partial charge in [0, 0.05) is 27.4 Å². The van der Waals surface area contributed by atoms with Crippen molar-refractivity contribution < 1.29 is 14.0 Å². The normalized spacial score (nSPS) is 14.2. The van der Waals surface area contributed by atoms with Crippen LogP contribution < -0.4 is 10.6 Å². The van der Waals surface area contributed by atoms with Crippen LogP contribution in [0, 0.1) is 11.7 Å². The molecule has 0 unspecified atom stereocenters. The summed E-state index contributed by atoms with van der Waals surface area (Å²) < 4.78 is 13.1. The lowest BCUT2D eigenvalue weighted by molar-refractivity contribution is -0.120. The Balaban J connectivity index is 1.24. The molecule has 0 radical (unpaired) electrons. The first-order valence-electron chi connectivity index (χ1n) is 10.6. The van der Waals surface area contributed by atoms with Crippen molar-refractivity contribution in [2.75, 3.05) is 16.4 Å². The highest BCUT2D eigenvalue weighted by Gasteiger charge is 2.21. The Hall–Kier alpha value is -2.71. The predicted molar refractivity (Wildman–Crippen MR) is 129 cm³/mol. The van der Waals surface area contributed by atoms with Crippen molar-refractivity contribution in [3.63, 3.8) is 0 Å². The molecular formula is C24H24FN3O2S2. The molecule has 2 N–H and O–H groups in total. The van der Waals surface area contributed by atoms with Gasteiger partial charge in [-0.1, -0.05) is 19.3 Å². The summed E-state index contributed by atoms with van der Waals surface area (Å²) in [4.78, 5) is 30.0. The van der Waals surface area contributed by atoms with E-state index in [2.05, 4.69) is 15.6 Å². The number of anilines is 2. The van der Waals surface area contributed by atoms with Crippen molar-refractivity contribution in [1.82, 2.24) is 4.98 Å². The molecule has 2 aromatic carbocycles. The molecule has 1 aliphatic rings. The lowest BCUT2D eigenvalue weighted by Gasteiger charge is -2.20. The maximum absolute atomic E-state index is 13.1. The molecule has 0 saturated heterocycles. The molecule has 1 fully saturated rings. The van der Waals surface area contributed by atoms with E-state index < -0.39 is 0 Å². The van der Waals surface area contributed by atoms with Crippen molar-refractivity contribution >= 4 is 45.7 Å². The Labute approximate surface area is 194 Å². The SMILES string of the molecule is O=C(CSc1ccc(NC(=O)C2CCCCC2)cc1)Nc1nc(-c2ccc(F)cc2)cs1. The summed E-state index contributed by atoms with van der Waals surface area (Å²) in [5.41, 5.74) is 2.28. The van der Waals surface area contributed by atoms with Crippen LogP contribution in [0.2, 0.25) is 0 Å². The Morgan fingerprint density at radius 2 is 1.72 bits per heavy atom. The second kappa shape index (κ2) is 10.7. The van der Waals surface area contributed by atoms with Crippen molar-refractivity contribution in [3.8, 4) is 11.3 Å². The molecule has 3 aromatic rings. The molecule has 0 aliphatic heterocycles. The van der Waals surface area contributed by atoms with Crippen LogP contribution in [0.3, 0.4) is 0 Å². The molecule has 1 saturated carbocycles. The number of hydrogen-bond acceptors (Lipinski definition) is 5. The van der Waals surface area contributed by atoms with Crippen LogP contribution >= 0.6 is 23.1 Å². The Morgan fingerprint density at radius 1 is 1.00 bits per heavy atom. The Morgan fingerprint density at radius 3 is 2.44 bits per heavy atom. The summed E-state index contributed by atoms with van der Waals surface area (Å²) >= 11 is 2.75. The second-order valence-electron chi connectivity index (χ2n) is 7.73. The van der Waals surface area contributed by atoms with Crippen LogP contribution in [0.5, 0.6) is 0 Å². The minimum Gasteiger partial charge on any atom is -0.326 e. The monoisotopic (exact) mass is 469 g/mol. The first-order chi connectivity index (χ1) is 15.6. The van der Waals surface area contributed by atoms with Crippen LogP contribution in [-0.4, -0.2) is 22.6 Å². The van der Waals surface area contributed by atoms with E-state index in [0.29, 0.717) is 10.8 Å². The summed E-state index contributed by atoms with van der Waals surface area (Å²) in [5.74, 6) is 0.0295. The number of nitrogens with one attached hydrogen (secondary N) is 2. The molecule has 1 heterocycles. The van der Waals surface area contributed by atoms with Crippen LogP contribution in [0.15, 0.2) is 58.8 Å². The van der Waals surface area contributed by atoms with Crippen LogP contribution in [-0.2, 0) is 9.59 Å². The molecule has 166 valence electrons. The van der Waals surface area contributed by atoms with Gasteiger partial charge in [-0.05, 0) is 61.4 Å². The molecular weight excluding hydrogens is 445 g/mol. The number of amides is 2. The van der Waals surface area contributed by atoms with E-state index in [1.54, 1.807) is 12.1 Å². The van der Waals surface area contributed by atoms with Gasteiger partial charge < -0.3 is 10.6 Å². The number of hydrogen-bond donors (Lipinski definition) is 2. The molecule has 5 nitrogen and oxygen atoms in total. The highest BCUT2D eigenvalue weighted by atomic mass is 32.2. The Kier molecular flexibility index (Phi) is 7.55. The molecule has 2 amide bonds. The Bertz CT molecular complexity index is 1060. The van der Waals surface area contributed by atoms with Gasteiger partial charge in [0.15, 0.2) is 5.13 Å². The van der Waals surface area contributed by atoms with E-state index in [1.165, 1.54) is 41.7 Å². The molecule has 1 aliphatic carbocycles. The average molecular weight is 470 g/mol. The van der Waals surface area contributed by atoms with E-state index in [1.807, 2.05) is 29.6 Å². The smallest absolute Gasteiger partial charge is 0.236 e. The molecule has 8 heteroatoms. The van der Waals surface area contributed by atoms with Gasteiger partial charge >= 0.3 is 0 Å². The number of nitrogens with zero attached hydrogens (tertiary/aromatic N) is 1. The summed E-state index contributed by atoms with van der Waals surface area (Å²) in [6.45, 7) is 0. The number of carbonyl (C=O) groups is 2. The number of benzene rings is 2. The number of thioether (sulfide) groups is 1. The molecule has 0 atom stereocenters. The topological polar surface area (TPSA) is 71.1 Å². The van der Waals surface area contributed by atoms with Gasteiger partial charge in [-0.3, -0.25) is 9.59 Å². The van der Waals surface area contributed by atoms with E-state index in [4.69, 9.17) is 0 Å². The van der Waals surface area contributed by atoms with Gasteiger partial charge in [0.1, 0.15) is 5.82 Å².